The average Bonchev–Trinajstić information content (AvgIpc) is 2.47. The van der Waals surface area contributed by atoms with Crippen LogP contribution in [0.1, 0.15) is 18.4 Å². The third kappa shape index (κ3) is 3.44. The second-order valence-corrected chi connectivity index (χ2v) is 4.75. The Kier molecular flexibility index (Phi) is 4.74. The number of para-hydroxylation sites is 1. The first-order valence-electron chi connectivity index (χ1n) is 6.15. The Hall–Kier alpha value is -1.62. The molecule has 0 spiro atoms. The van der Waals surface area contributed by atoms with E-state index in [0.717, 1.165) is 28.2 Å². The molecule has 0 bridgehead atoms. The minimum atomic E-state index is 0.360. The molecule has 1 heterocycles. The zero-order chi connectivity index (χ0) is 13.7. The van der Waals surface area contributed by atoms with Crippen LogP contribution in [0, 0.1) is 0 Å². The summed E-state index contributed by atoms with van der Waals surface area (Å²) in [6.45, 7) is 2.42. The van der Waals surface area contributed by atoms with Gasteiger partial charge in [0.2, 0.25) is 0 Å². The van der Waals surface area contributed by atoms with Crippen LogP contribution >= 0.6 is 15.9 Å². The van der Waals surface area contributed by atoms with Gasteiger partial charge in [-0.2, -0.15) is 0 Å². The van der Waals surface area contributed by atoms with Crippen LogP contribution in [0.5, 0.6) is 5.75 Å². The lowest BCUT2D eigenvalue weighted by Gasteiger charge is -2.10. The van der Waals surface area contributed by atoms with Gasteiger partial charge in [0, 0.05) is 7.05 Å². The van der Waals surface area contributed by atoms with Gasteiger partial charge in [-0.25, -0.2) is 9.97 Å². The van der Waals surface area contributed by atoms with E-state index < -0.39 is 0 Å². The molecule has 0 aliphatic rings. The van der Waals surface area contributed by atoms with E-state index in [1.54, 1.807) is 0 Å². The van der Waals surface area contributed by atoms with E-state index in [2.05, 4.69) is 38.1 Å². The van der Waals surface area contributed by atoms with Crippen molar-refractivity contribution in [1.29, 1.82) is 0 Å². The number of hydrogen-bond acceptors (Lipinski definition) is 4. The van der Waals surface area contributed by atoms with E-state index in [0.29, 0.717) is 12.4 Å². The molecule has 1 aromatic heterocycles. The molecule has 1 aromatic carbocycles. The topological polar surface area (TPSA) is 47.0 Å². The molecule has 4 nitrogen and oxygen atoms in total. The Morgan fingerprint density at radius 1 is 1.21 bits per heavy atom. The number of aryl methyl sites for hydroxylation is 1. The van der Waals surface area contributed by atoms with Crippen LogP contribution in [-0.4, -0.2) is 17.0 Å². The summed E-state index contributed by atoms with van der Waals surface area (Å²) in [4.78, 5) is 8.91. The van der Waals surface area contributed by atoms with Crippen LogP contribution in [0.4, 0.5) is 5.82 Å². The molecule has 2 aromatic rings. The summed E-state index contributed by atoms with van der Waals surface area (Å²) < 4.78 is 6.58. The lowest BCUT2D eigenvalue weighted by atomic mass is 10.3. The normalized spacial score (nSPS) is 10.3. The number of nitrogens with zero attached hydrogens (tertiary/aromatic N) is 2. The van der Waals surface area contributed by atoms with Gasteiger partial charge in [0.1, 0.15) is 18.2 Å². The fourth-order valence-electron chi connectivity index (χ4n) is 1.67. The van der Waals surface area contributed by atoms with Gasteiger partial charge < -0.3 is 10.1 Å². The SMILES string of the molecule is CCc1nc(COc2ccccc2)nc(NC)c1Br. The van der Waals surface area contributed by atoms with Crippen LogP contribution < -0.4 is 10.1 Å². The number of hydrogen-bond donors (Lipinski definition) is 1. The predicted octanol–water partition coefficient (Wildman–Crippen LogP) is 3.42. The summed E-state index contributed by atoms with van der Waals surface area (Å²) in [7, 11) is 1.84. The summed E-state index contributed by atoms with van der Waals surface area (Å²) in [5, 5.41) is 3.06. The first-order valence-corrected chi connectivity index (χ1v) is 6.94. The molecule has 0 atom stereocenters. The molecule has 0 saturated heterocycles. The minimum absolute atomic E-state index is 0.360. The number of anilines is 1. The van der Waals surface area contributed by atoms with Crippen molar-refractivity contribution in [3.8, 4) is 5.75 Å². The van der Waals surface area contributed by atoms with Crippen LogP contribution in [-0.2, 0) is 13.0 Å². The van der Waals surface area contributed by atoms with E-state index in [1.807, 2.05) is 37.4 Å². The second kappa shape index (κ2) is 6.52. The molecular weight excluding hydrogens is 306 g/mol. The third-order valence-corrected chi connectivity index (χ3v) is 3.48. The molecule has 2 rings (SSSR count). The fourth-order valence-corrected chi connectivity index (χ4v) is 2.33. The van der Waals surface area contributed by atoms with Crippen LogP contribution in [0.25, 0.3) is 0 Å². The number of ether oxygens (including phenoxy) is 1. The van der Waals surface area contributed by atoms with Crippen molar-refractivity contribution in [1.82, 2.24) is 9.97 Å². The lowest BCUT2D eigenvalue weighted by molar-refractivity contribution is 0.295. The van der Waals surface area contributed by atoms with Gasteiger partial charge in [-0.05, 0) is 34.5 Å². The Bertz CT molecular complexity index is 521. The Labute approximate surface area is 121 Å². The van der Waals surface area contributed by atoms with Gasteiger partial charge >= 0.3 is 0 Å². The Morgan fingerprint density at radius 2 is 1.95 bits per heavy atom. The first-order chi connectivity index (χ1) is 9.24. The monoisotopic (exact) mass is 321 g/mol. The van der Waals surface area contributed by atoms with Gasteiger partial charge in [-0.15, -0.1) is 0 Å². The molecule has 0 fully saturated rings. The van der Waals surface area contributed by atoms with Crippen molar-refractivity contribution in [2.45, 2.75) is 20.0 Å². The highest BCUT2D eigenvalue weighted by Gasteiger charge is 2.10. The van der Waals surface area contributed by atoms with Crippen molar-refractivity contribution in [2.75, 3.05) is 12.4 Å². The molecule has 100 valence electrons. The third-order valence-electron chi connectivity index (χ3n) is 2.65. The lowest BCUT2D eigenvalue weighted by Crippen LogP contribution is -2.08. The Morgan fingerprint density at radius 3 is 2.58 bits per heavy atom. The van der Waals surface area contributed by atoms with Crippen molar-refractivity contribution < 1.29 is 4.74 Å². The van der Waals surface area contributed by atoms with Crippen molar-refractivity contribution >= 4 is 21.7 Å². The highest BCUT2D eigenvalue weighted by Crippen LogP contribution is 2.24. The van der Waals surface area contributed by atoms with E-state index in [9.17, 15) is 0 Å². The predicted molar refractivity (Wildman–Crippen MR) is 79.4 cm³/mol. The van der Waals surface area contributed by atoms with Crippen molar-refractivity contribution in [3.63, 3.8) is 0 Å². The van der Waals surface area contributed by atoms with Crippen molar-refractivity contribution in [3.05, 3.63) is 46.3 Å². The average molecular weight is 322 g/mol. The molecule has 0 unspecified atom stereocenters. The molecule has 0 aliphatic heterocycles. The van der Waals surface area contributed by atoms with Crippen LogP contribution in [0.2, 0.25) is 0 Å². The zero-order valence-corrected chi connectivity index (χ0v) is 12.6. The van der Waals surface area contributed by atoms with E-state index >= 15 is 0 Å². The maximum atomic E-state index is 5.66. The minimum Gasteiger partial charge on any atom is -0.486 e. The van der Waals surface area contributed by atoms with Crippen molar-refractivity contribution in [2.24, 2.45) is 0 Å². The van der Waals surface area contributed by atoms with E-state index in [1.165, 1.54) is 0 Å². The quantitative estimate of drug-likeness (QED) is 0.916. The number of aromatic nitrogens is 2. The molecule has 19 heavy (non-hydrogen) atoms. The molecule has 0 amide bonds. The van der Waals surface area contributed by atoms with Crippen LogP contribution in [0.15, 0.2) is 34.8 Å². The molecule has 0 radical (unpaired) electrons. The number of halogens is 1. The van der Waals surface area contributed by atoms with E-state index in [4.69, 9.17) is 4.74 Å². The standard InChI is InChI=1S/C14H16BrN3O/c1-3-11-13(15)14(16-2)18-12(17-11)9-19-10-7-5-4-6-8-10/h4-8H,3,9H2,1-2H3,(H,16,17,18). The molecule has 0 aliphatic carbocycles. The summed E-state index contributed by atoms with van der Waals surface area (Å²) in [6.07, 6.45) is 0.843. The fraction of sp³-hybridized carbons (Fsp3) is 0.286. The number of rotatable bonds is 5. The highest BCUT2D eigenvalue weighted by atomic mass is 79.9. The highest BCUT2D eigenvalue weighted by molar-refractivity contribution is 9.10. The Balaban J connectivity index is 2.16. The summed E-state index contributed by atoms with van der Waals surface area (Å²) in [5.74, 6) is 2.28. The molecular formula is C14H16BrN3O. The first kappa shape index (κ1) is 13.8. The smallest absolute Gasteiger partial charge is 0.168 e. The molecule has 1 N–H and O–H groups in total. The summed E-state index contributed by atoms with van der Waals surface area (Å²) >= 11 is 3.50. The maximum Gasteiger partial charge on any atom is 0.168 e. The number of nitrogens with one attached hydrogen (secondary N) is 1. The second-order valence-electron chi connectivity index (χ2n) is 3.95. The maximum absolute atomic E-state index is 5.66. The summed E-state index contributed by atoms with van der Waals surface area (Å²) in [5.41, 5.74) is 0.978. The van der Waals surface area contributed by atoms with Gasteiger partial charge in [0.05, 0.1) is 10.2 Å². The van der Waals surface area contributed by atoms with Gasteiger partial charge in [-0.1, -0.05) is 25.1 Å². The number of benzene rings is 1. The molecule has 5 heteroatoms. The van der Waals surface area contributed by atoms with Gasteiger partial charge in [0.25, 0.3) is 0 Å². The van der Waals surface area contributed by atoms with E-state index in [-0.39, 0.29) is 0 Å². The van der Waals surface area contributed by atoms with Crippen LogP contribution in [0.3, 0.4) is 0 Å². The molecule has 0 saturated carbocycles. The van der Waals surface area contributed by atoms with Gasteiger partial charge in [0.15, 0.2) is 5.82 Å². The largest absolute Gasteiger partial charge is 0.486 e. The summed E-state index contributed by atoms with van der Waals surface area (Å²) in [6, 6.07) is 9.66. The van der Waals surface area contributed by atoms with Gasteiger partial charge in [-0.3, -0.25) is 0 Å². The zero-order valence-electron chi connectivity index (χ0n) is 11.0.